The number of rotatable bonds is 5. The third-order valence-electron chi connectivity index (χ3n) is 3.66. The normalized spacial score (nSPS) is 20.6. The summed E-state index contributed by atoms with van der Waals surface area (Å²) in [7, 11) is 0. The molecule has 0 saturated carbocycles. The lowest BCUT2D eigenvalue weighted by Crippen LogP contribution is -2.42. The van der Waals surface area contributed by atoms with Crippen LogP contribution in [0.3, 0.4) is 0 Å². The molecule has 1 fully saturated rings. The molecule has 0 radical (unpaired) electrons. The van der Waals surface area contributed by atoms with Crippen LogP contribution in [0.2, 0.25) is 0 Å². The van der Waals surface area contributed by atoms with E-state index in [2.05, 4.69) is 5.32 Å². The Balaban J connectivity index is 1.98. The lowest BCUT2D eigenvalue weighted by molar-refractivity contribution is -0.141. The summed E-state index contributed by atoms with van der Waals surface area (Å²) in [6.45, 7) is 4.18. The number of nitrogens with one attached hydrogen (secondary N) is 1. The largest absolute Gasteiger partial charge is 0.301 e. The van der Waals surface area contributed by atoms with Crippen molar-refractivity contribution in [1.82, 2.24) is 10.2 Å². The van der Waals surface area contributed by atoms with Crippen molar-refractivity contribution >= 4 is 11.8 Å². The van der Waals surface area contributed by atoms with Gasteiger partial charge in [0.25, 0.3) is 0 Å². The number of hydrogen-bond donors (Lipinski definition) is 1. The predicted octanol–water partition coefficient (Wildman–Crippen LogP) is 1.84. The third kappa shape index (κ3) is 3.04. The molecule has 2 atom stereocenters. The van der Waals surface area contributed by atoms with Crippen LogP contribution in [0.4, 0.5) is 4.39 Å². The number of carbonyl (C=O) groups excluding carboxylic acids is 2. The first-order valence-corrected chi connectivity index (χ1v) is 6.86. The molecule has 4 nitrogen and oxygen atoms in total. The van der Waals surface area contributed by atoms with Crippen molar-refractivity contribution in [3.8, 4) is 0 Å². The number of nitrogens with zero attached hydrogens (tertiary/aromatic N) is 1. The predicted molar refractivity (Wildman–Crippen MR) is 73.3 cm³/mol. The van der Waals surface area contributed by atoms with Gasteiger partial charge in [0.1, 0.15) is 5.82 Å². The fraction of sp³-hybridized carbons (Fsp3) is 0.467. The van der Waals surface area contributed by atoms with E-state index in [1.165, 1.54) is 17.0 Å². The Bertz CT molecular complexity index is 518. The maximum Gasteiger partial charge on any atom is 0.247 e. The molecule has 2 rings (SSSR count). The van der Waals surface area contributed by atoms with Gasteiger partial charge >= 0.3 is 0 Å². The summed E-state index contributed by atoms with van der Waals surface area (Å²) in [5.41, 5.74) is 0.757. The summed E-state index contributed by atoms with van der Waals surface area (Å²) in [5.74, 6) is -0.624. The first-order chi connectivity index (χ1) is 9.52. The molecular formula is C15H19FN2O2. The monoisotopic (exact) mass is 278 g/mol. The van der Waals surface area contributed by atoms with Crippen LogP contribution >= 0.6 is 0 Å². The van der Waals surface area contributed by atoms with Gasteiger partial charge in [0.15, 0.2) is 0 Å². The van der Waals surface area contributed by atoms with Crippen molar-refractivity contribution in [3.63, 3.8) is 0 Å². The Hall–Kier alpha value is -1.75. The SMILES string of the molecule is CCC(C)N1C(=O)CC(NCc2cccc(F)c2)C1=O. The molecule has 0 aromatic heterocycles. The highest BCUT2D eigenvalue weighted by atomic mass is 19.1. The smallest absolute Gasteiger partial charge is 0.247 e. The molecule has 2 unspecified atom stereocenters. The average Bonchev–Trinajstić information content (AvgIpc) is 2.70. The van der Waals surface area contributed by atoms with Gasteiger partial charge in [-0.3, -0.25) is 14.5 Å². The molecule has 2 amide bonds. The zero-order valence-electron chi connectivity index (χ0n) is 11.7. The highest BCUT2D eigenvalue weighted by molar-refractivity contribution is 6.05. The van der Waals surface area contributed by atoms with Gasteiger partial charge in [-0.1, -0.05) is 19.1 Å². The first kappa shape index (κ1) is 14.7. The number of benzene rings is 1. The Morgan fingerprint density at radius 3 is 2.85 bits per heavy atom. The fourth-order valence-corrected chi connectivity index (χ4v) is 2.34. The minimum absolute atomic E-state index is 0.0732. The minimum atomic E-state index is -0.500. The number of hydrogen-bond acceptors (Lipinski definition) is 3. The molecule has 1 saturated heterocycles. The van der Waals surface area contributed by atoms with Gasteiger partial charge in [-0.2, -0.15) is 0 Å². The van der Waals surface area contributed by atoms with Crippen LogP contribution in [0.1, 0.15) is 32.3 Å². The Labute approximate surface area is 118 Å². The summed E-state index contributed by atoms with van der Waals surface area (Å²) < 4.78 is 13.1. The van der Waals surface area contributed by atoms with Gasteiger partial charge in [-0.15, -0.1) is 0 Å². The molecule has 5 heteroatoms. The first-order valence-electron chi connectivity index (χ1n) is 6.86. The third-order valence-corrected chi connectivity index (χ3v) is 3.66. The Kier molecular flexibility index (Phi) is 4.49. The molecule has 0 aliphatic carbocycles. The van der Waals surface area contributed by atoms with Gasteiger partial charge in [0.2, 0.25) is 11.8 Å². The minimum Gasteiger partial charge on any atom is -0.301 e. The van der Waals surface area contributed by atoms with Crippen LogP contribution in [0.5, 0.6) is 0 Å². The summed E-state index contributed by atoms with van der Waals surface area (Å²) in [4.78, 5) is 25.4. The lowest BCUT2D eigenvalue weighted by Gasteiger charge is -2.21. The highest BCUT2D eigenvalue weighted by Crippen LogP contribution is 2.18. The summed E-state index contributed by atoms with van der Waals surface area (Å²) >= 11 is 0. The van der Waals surface area contributed by atoms with Gasteiger partial charge in [-0.05, 0) is 31.0 Å². The second-order valence-corrected chi connectivity index (χ2v) is 5.13. The zero-order chi connectivity index (χ0) is 14.7. The average molecular weight is 278 g/mol. The van der Waals surface area contributed by atoms with Crippen molar-refractivity contribution in [2.75, 3.05) is 0 Å². The second kappa shape index (κ2) is 6.13. The quantitative estimate of drug-likeness (QED) is 0.836. The molecular weight excluding hydrogens is 259 g/mol. The Morgan fingerprint density at radius 1 is 1.45 bits per heavy atom. The highest BCUT2D eigenvalue weighted by Gasteiger charge is 2.40. The van der Waals surface area contributed by atoms with E-state index in [4.69, 9.17) is 0 Å². The number of halogens is 1. The van der Waals surface area contributed by atoms with Gasteiger partial charge < -0.3 is 5.32 Å². The number of imide groups is 1. The van der Waals surface area contributed by atoms with Crippen LogP contribution in [0.25, 0.3) is 0 Å². The number of carbonyl (C=O) groups is 2. The van der Waals surface area contributed by atoms with E-state index in [0.717, 1.165) is 12.0 Å². The van der Waals surface area contributed by atoms with Crippen LogP contribution < -0.4 is 5.32 Å². The lowest BCUT2D eigenvalue weighted by atomic mass is 10.2. The summed E-state index contributed by atoms with van der Waals surface area (Å²) in [6, 6.07) is 5.62. The van der Waals surface area contributed by atoms with Crippen molar-refractivity contribution in [2.24, 2.45) is 0 Å². The molecule has 1 aliphatic heterocycles. The number of amides is 2. The van der Waals surface area contributed by atoms with E-state index in [-0.39, 0.29) is 30.1 Å². The maximum atomic E-state index is 13.1. The van der Waals surface area contributed by atoms with Crippen molar-refractivity contribution in [3.05, 3.63) is 35.6 Å². The molecule has 1 N–H and O–H groups in total. The van der Waals surface area contributed by atoms with Crippen molar-refractivity contribution in [2.45, 2.75) is 45.3 Å². The second-order valence-electron chi connectivity index (χ2n) is 5.13. The number of likely N-dealkylation sites (tertiary alicyclic amines) is 1. The summed E-state index contributed by atoms with van der Waals surface area (Å²) in [6.07, 6.45) is 0.923. The molecule has 1 aromatic carbocycles. The Morgan fingerprint density at radius 2 is 2.20 bits per heavy atom. The topological polar surface area (TPSA) is 49.4 Å². The van der Waals surface area contributed by atoms with Crippen LogP contribution in [0, 0.1) is 5.82 Å². The molecule has 1 aliphatic rings. The van der Waals surface area contributed by atoms with E-state index < -0.39 is 6.04 Å². The van der Waals surface area contributed by atoms with E-state index >= 15 is 0 Å². The van der Waals surface area contributed by atoms with Crippen LogP contribution in [-0.4, -0.2) is 28.8 Å². The fourth-order valence-electron chi connectivity index (χ4n) is 2.34. The van der Waals surface area contributed by atoms with E-state index in [0.29, 0.717) is 6.54 Å². The zero-order valence-corrected chi connectivity index (χ0v) is 11.7. The molecule has 108 valence electrons. The van der Waals surface area contributed by atoms with Gasteiger partial charge in [0, 0.05) is 12.6 Å². The van der Waals surface area contributed by atoms with Crippen LogP contribution in [-0.2, 0) is 16.1 Å². The molecule has 0 spiro atoms. The molecule has 1 aromatic rings. The standard InChI is InChI=1S/C15H19FN2O2/c1-3-10(2)18-14(19)8-13(15(18)20)17-9-11-5-4-6-12(16)7-11/h4-7,10,13,17H,3,8-9H2,1-2H3. The maximum absolute atomic E-state index is 13.1. The van der Waals surface area contributed by atoms with Gasteiger partial charge in [0.05, 0.1) is 12.5 Å². The molecule has 0 bridgehead atoms. The van der Waals surface area contributed by atoms with E-state index in [1.54, 1.807) is 12.1 Å². The van der Waals surface area contributed by atoms with Gasteiger partial charge in [-0.25, -0.2) is 4.39 Å². The summed E-state index contributed by atoms with van der Waals surface area (Å²) in [5, 5.41) is 3.04. The molecule has 1 heterocycles. The molecule has 20 heavy (non-hydrogen) atoms. The van der Waals surface area contributed by atoms with Crippen LogP contribution in [0.15, 0.2) is 24.3 Å². The van der Waals surface area contributed by atoms with Crippen molar-refractivity contribution in [1.29, 1.82) is 0 Å². The van der Waals surface area contributed by atoms with E-state index in [1.807, 2.05) is 13.8 Å². The van der Waals surface area contributed by atoms with Crippen molar-refractivity contribution < 1.29 is 14.0 Å². The van der Waals surface area contributed by atoms with E-state index in [9.17, 15) is 14.0 Å².